The quantitative estimate of drug-likeness (QED) is 0.462. The lowest BCUT2D eigenvalue weighted by molar-refractivity contribution is 0.428. The molecule has 113 valence electrons. The molecule has 0 fully saturated rings. The fourth-order valence-corrected chi connectivity index (χ4v) is 4.06. The topological polar surface area (TPSA) is 18.5 Å². The Morgan fingerprint density at radius 1 is 0.696 bits per heavy atom. The van der Waals surface area contributed by atoms with E-state index >= 15 is 0 Å². The maximum Gasteiger partial charge on any atom is 0.658 e. The van der Waals surface area contributed by atoms with E-state index in [9.17, 15) is 8.78 Å². The fourth-order valence-electron chi connectivity index (χ4n) is 2.30. The molecular formula is C16H8BF2O2S2. The van der Waals surface area contributed by atoms with Crippen LogP contribution in [-0.4, -0.2) is 7.69 Å². The summed E-state index contributed by atoms with van der Waals surface area (Å²) in [6.45, 7) is 0. The lowest BCUT2D eigenvalue weighted by Gasteiger charge is -2.09. The van der Waals surface area contributed by atoms with Crippen molar-refractivity contribution in [2.75, 3.05) is 0 Å². The molecule has 7 heteroatoms. The Bertz CT molecular complexity index is 916. The number of benzene rings is 2. The number of rotatable bonds is 4. The number of hydrogen-bond donors (Lipinski definition) is 0. The van der Waals surface area contributed by atoms with Crippen LogP contribution in [0.15, 0.2) is 47.2 Å². The molecule has 0 saturated carbocycles. The van der Waals surface area contributed by atoms with Crippen molar-refractivity contribution in [2.45, 2.75) is 0 Å². The van der Waals surface area contributed by atoms with E-state index in [2.05, 4.69) is 0 Å². The van der Waals surface area contributed by atoms with Crippen LogP contribution >= 0.6 is 22.7 Å². The molecule has 0 aliphatic carbocycles. The van der Waals surface area contributed by atoms with Gasteiger partial charge in [0, 0.05) is 0 Å². The van der Waals surface area contributed by atoms with Crippen molar-refractivity contribution < 1.29 is 18.1 Å². The van der Waals surface area contributed by atoms with Gasteiger partial charge in [-0.1, -0.05) is 12.1 Å². The van der Waals surface area contributed by atoms with Gasteiger partial charge in [-0.3, -0.25) is 0 Å². The molecule has 0 aliphatic rings. The number of hydrogen-bond acceptors (Lipinski definition) is 4. The second-order valence-corrected chi connectivity index (χ2v) is 6.60. The third-order valence-corrected chi connectivity index (χ3v) is 5.25. The van der Waals surface area contributed by atoms with E-state index in [1.165, 1.54) is 34.8 Å². The predicted octanol–water partition coefficient (Wildman–Crippen LogP) is 5.39. The molecule has 0 saturated heterocycles. The SMILES string of the molecule is Fc1ccc2ccsc2c1O[B]Oc1c(F)ccc2ccsc12. The van der Waals surface area contributed by atoms with E-state index in [1.54, 1.807) is 12.1 Å². The summed E-state index contributed by atoms with van der Waals surface area (Å²) in [6, 6.07) is 9.78. The minimum atomic E-state index is -0.491. The number of fused-ring (bicyclic) bond motifs is 2. The molecule has 2 nitrogen and oxygen atoms in total. The van der Waals surface area contributed by atoms with Crippen molar-refractivity contribution >= 4 is 50.5 Å². The Balaban J connectivity index is 1.59. The summed E-state index contributed by atoms with van der Waals surface area (Å²) < 4.78 is 39.9. The fraction of sp³-hybridized carbons (Fsp3) is 0. The highest BCUT2D eigenvalue weighted by Crippen LogP contribution is 2.35. The first kappa shape index (κ1) is 14.5. The highest BCUT2D eigenvalue weighted by Gasteiger charge is 2.15. The van der Waals surface area contributed by atoms with E-state index < -0.39 is 11.6 Å². The minimum Gasteiger partial charge on any atom is -0.523 e. The average Bonchev–Trinajstić information content (AvgIpc) is 3.20. The van der Waals surface area contributed by atoms with Crippen molar-refractivity contribution in [3.63, 3.8) is 0 Å². The summed E-state index contributed by atoms with van der Waals surface area (Å²) in [4.78, 5) is 0. The molecule has 23 heavy (non-hydrogen) atoms. The van der Waals surface area contributed by atoms with Crippen LogP contribution in [0.2, 0.25) is 0 Å². The molecule has 4 aromatic rings. The molecule has 0 N–H and O–H groups in total. The summed E-state index contributed by atoms with van der Waals surface area (Å²) in [5.41, 5.74) is 0. The maximum atomic E-state index is 13.9. The van der Waals surface area contributed by atoms with E-state index in [0.29, 0.717) is 9.40 Å². The van der Waals surface area contributed by atoms with Crippen LogP contribution in [0, 0.1) is 11.6 Å². The molecule has 0 bridgehead atoms. The molecule has 2 aromatic heterocycles. The minimum absolute atomic E-state index is 0.0799. The van der Waals surface area contributed by atoms with Gasteiger partial charge < -0.3 is 9.31 Å². The monoisotopic (exact) mass is 345 g/mol. The zero-order valence-corrected chi connectivity index (χ0v) is 13.2. The first-order valence-corrected chi connectivity index (χ1v) is 8.46. The second kappa shape index (κ2) is 5.83. The molecule has 2 aromatic carbocycles. The number of halogens is 2. The summed E-state index contributed by atoms with van der Waals surface area (Å²) in [5.74, 6) is -0.822. The third kappa shape index (κ3) is 2.56. The highest BCUT2D eigenvalue weighted by molar-refractivity contribution is 7.18. The van der Waals surface area contributed by atoms with Crippen LogP contribution in [0.25, 0.3) is 20.2 Å². The van der Waals surface area contributed by atoms with Crippen molar-refractivity contribution in [3.8, 4) is 11.5 Å². The van der Waals surface area contributed by atoms with Crippen LogP contribution in [0.4, 0.5) is 8.78 Å². The molecular weight excluding hydrogens is 337 g/mol. The molecule has 0 atom stereocenters. The Labute approximate surface area is 139 Å². The van der Waals surface area contributed by atoms with E-state index in [1.807, 2.05) is 22.9 Å². The summed E-state index contributed by atoms with van der Waals surface area (Å²) in [7, 11) is 0.967. The van der Waals surface area contributed by atoms with Gasteiger partial charge in [-0.05, 0) is 45.8 Å². The van der Waals surface area contributed by atoms with Gasteiger partial charge in [0.15, 0.2) is 23.1 Å². The lowest BCUT2D eigenvalue weighted by Crippen LogP contribution is -2.12. The zero-order valence-electron chi connectivity index (χ0n) is 11.6. The molecule has 0 spiro atoms. The summed E-state index contributed by atoms with van der Waals surface area (Å²) >= 11 is 2.74. The van der Waals surface area contributed by atoms with Gasteiger partial charge in [0.2, 0.25) is 0 Å². The van der Waals surface area contributed by atoms with Crippen LogP contribution in [0.1, 0.15) is 0 Å². The molecule has 1 radical (unpaired) electrons. The third-order valence-electron chi connectivity index (χ3n) is 3.39. The van der Waals surface area contributed by atoms with Gasteiger partial charge in [0.1, 0.15) is 0 Å². The van der Waals surface area contributed by atoms with Gasteiger partial charge in [0.05, 0.1) is 9.40 Å². The first-order valence-electron chi connectivity index (χ1n) is 6.70. The average molecular weight is 345 g/mol. The van der Waals surface area contributed by atoms with Crippen LogP contribution in [0.3, 0.4) is 0 Å². The predicted molar refractivity (Wildman–Crippen MR) is 90.6 cm³/mol. The highest BCUT2D eigenvalue weighted by atomic mass is 32.1. The lowest BCUT2D eigenvalue weighted by atomic mass is 10.2. The summed E-state index contributed by atoms with van der Waals surface area (Å²) in [6.07, 6.45) is 0. The van der Waals surface area contributed by atoms with Gasteiger partial charge in [-0.25, -0.2) is 8.78 Å². The van der Waals surface area contributed by atoms with Gasteiger partial charge in [0.25, 0.3) is 0 Å². The standard InChI is InChI=1S/C16H8BF2O2S2/c18-11-3-1-9-5-7-22-15(9)13(11)20-17-21-14-12(19)4-2-10-6-8-23-16(10)14/h1-8H. The largest absolute Gasteiger partial charge is 0.658 e. The van der Waals surface area contributed by atoms with E-state index in [4.69, 9.17) is 9.31 Å². The molecule has 0 amide bonds. The van der Waals surface area contributed by atoms with Crippen LogP contribution in [-0.2, 0) is 0 Å². The number of thiophene rings is 2. The first-order chi connectivity index (χ1) is 11.2. The molecule has 0 unspecified atom stereocenters. The Kier molecular flexibility index (Phi) is 3.67. The summed E-state index contributed by atoms with van der Waals surface area (Å²) in [5, 5.41) is 5.46. The maximum absolute atomic E-state index is 13.9. The van der Waals surface area contributed by atoms with Crippen LogP contribution < -0.4 is 9.31 Å². The molecule has 4 rings (SSSR count). The zero-order chi connectivity index (χ0) is 15.8. The smallest absolute Gasteiger partial charge is 0.523 e. The van der Waals surface area contributed by atoms with Gasteiger partial charge in [-0.2, -0.15) is 0 Å². The molecule has 0 aliphatic heterocycles. The van der Waals surface area contributed by atoms with E-state index in [0.717, 1.165) is 18.5 Å². The van der Waals surface area contributed by atoms with Crippen molar-refractivity contribution in [2.24, 2.45) is 0 Å². The normalized spacial score (nSPS) is 11.0. The van der Waals surface area contributed by atoms with Crippen molar-refractivity contribution in [1.82, 2.24) is 0 Å². The Hall–Kier alpha value is -2.12. The van der Waals surface area contributed by atoms with Crippen molar-refractivity contribution in [1.29, 1.82) is 0 Å². The van der Waals surface area contributed by atoms with Crippen molar-refractivity contribution in [3.05, 3.63) is 58.8 Å². The molecule has 2 heterocycles. The van der Waals surface area contributed by atoms with Gasteiger partial charge >= 0.3 is 7.69 Å². The second-order valence-electron chi connectivity index (χ2n) is 4.76. The Morgan fingerprint density at radius 2 is 1.17 bits per heavy atom. The van der Waals surface area contributed by atoms with Gasteiger partial charge in [-0.15, -0.1) is 22.7 Å². The Morgan fingerprint density at radius 3 is 1.65 bits per heavy atom. The van der Waals surface area contributed by atoms with E-state index in [-0.39, 0.29) is 11.5 Å². The van der Waals surface area contributed by atoms with Crippen LogP contribution in [0.5, 0.6) is 11.5 Å².